The minimum atomic E-state index is -4.35. The largest absolute Gasteiger partial charge is 0.481 e. The maximum atomic E-state index is 12.1. The second-order valence-electron chi connectivity index (χ2n) is 5.34. The molecule has 4 nitrogen and oxygen atoms in total. The number of alkyl halides is 3. The van der Waals surface area contributed by atoms with Crippen molar-refractivity contribution in [2.75, 3.05) is 0 Å². The lowest BCUT2D eigenvalue weighted by atomic mass is 10.1. The van der Waals surface area contributed by atoms with Gasteiger partial charge in [-0.1, -0.05) is 13.8 Å². The number of nitrogens with one attached hydrogen (secondary N) is 1. The lowest BCUT2D eigenvalue weighted by Gasteiger charge is -2.16. The lowest BCUT2D eigenvalue weighted by Crippen LogP contribution is -2.37. The van der Waals surface area contributed by atoms with E-state index in [1.165, 1.54) is 6.92 Å². The molecule has 104 valence electrons. The minimum absolute atomic E-state index is 0.621. The van der Waals surface area contributed by atoms with Crippen LogP contribution in [-0.4, -0.2) is 29.2 Å². The summed E-state index contributed by atoms with van der Waals surface area (Å²) >= 11 is 0. The van der Waals surface area contributed by atoms with E-state index in [1.807, 2.05) is 0 Å². The van der Waals surface area contributed by atoms with Crippen LogP contribution in [0.25, 0.3) is 0 Å². The molecule has 1 fully saturated rings. The van der Waals surface area contributed by atoms with Gasteiger partial charge in [0.05, 0.1) is 18.3 Å². The number of rotatable bonds is 4. The zero-order chi connectivity index (χ0) is 14.3. The molecule has 1 amide bonds. The summed E-state index contributed by atoms with van der Waals surface area (Å²) in [7, 11) is 0. The number of carbonyl (C=O) groups excluding carboxylic acids is 1. The molecular weight excluding hydrogens is 251 g/mol. The quantitative estimate of drug-likeness (QED) is 0.816. The molecule has 0 bridgehead atoms. The van der Waals surface area contributed by atoms with Crippen LogP contribution in [0.2, 0.25) is 0 Å². The van der Waals surface area contributed by atoms with E-state index in [9.17, 15) is 22.8 Å². The first-order valence-corrected chi connectivity index (χ1v) is 5.56. The third-order valence-corrected chi connectivity index (χ3v) is 3.30. The number of carboxylic acid groups (broad SMARTS) is 1. The fraction of sp³-hybridized carbons (Fsp3) is 0.818. The topological polar surface area (TPSA) is 66.4 Å². The Morgan fingerprint density at radius 1 is 1.33 bits per heavy atom. The van der Waals surface area contributed by atoms with Crippen molar-refractivity contribution in [3.05, 3.63) is 0 Å². The average Bonchev–Trinajstić information content (AvgIpc) is 2.64. The molecule has 7 heteroatoms. The Bertz CT molecular complexity index is 365. The van der Waals surface area contributed by atoms with E-state index in [-0.39, 0.29) is 0 Å². The van der Waals surface area contributed by atoms with Gasteiger partial charge in [-0.2, -0.15) is 13.2 Å². The molecule has 0 saturated heterocycles. The molecule has 1 aliphatic carbocycles. The molecule has 0 spiro atoms. The van der Waals surface area contributed by atoms with Crippen molar-refractivity contribution in [3.63, 3.8) is 0 Å². The smallest absolute Gasteiger partial charge is 0.391 e. The third kappa shape index (κ3) is 3.14. The highest BCUT2D eigenvalue weighted by Crippen LogP contribution is 2.58. The Hall–Kier alpha value is -1.27. The van der Waals surface area contributed by atoms with Gasteiger partial charge in [0, 0.05) is 6.04 Å². The first kappa shape index (κ1) is 14.8. The molecule has 3 unspecified atom stereocenters. The average molecular weight is 267 g/mol. The van der Waals surface area contributed by atoms with E-state index >= 15 is 0 Å². The van der Waals surface area contributed by atoms with Gasteiger partial charge < -0.3 is 10.4 Å². The van der Waals surface area contributed by atoms with Crippen LogP contribution in [0.5, 0.6) is 0 Å². The number of amides is 1. The molecule has 0 aromatic carbocycles. The fourth-order valence-corrected chi connectivity index (χ4v) is 2.32. The van der Waals surface area contributed by atoms with Gasteiger partial charge in [-0.05, 0) is 12.3 Å². The van der Waals surface area contributed by atoms with Crippen LogP contribution in [0, 0.1) is 17.3 Å². The molecule has 0 radical (unpaired) electrons. The molecule has 1 rings (SSSR count). The Labute approximate surface area is 103 Å². The molecule has 0 heterocycles. The monoisotopic (exact) mass is 267 g/mol. The second kappa shape index (κ2) is 4.44. The van der Waals surface area contributed by atoms with E-state index in [2.05, 4.69) is 5.32 Å². The zero-order valence-electron chi connectivity index (χ0n) is 10.3. The Morgan fingerprint density at radius 2 is 1.83 bits per heavy atom. The molecule has 0 aromatic rings. The fourth-order valence-electron chi connectivity index (χ4n) is 2.32. The zero-order valence-corrected chi connectivity index (χ0v) is 10.3. The van der Waals surface area contributed by atoms with E-state index in [0.717, 1.165) is 0 Å². The van der Waals surface area contributed by atoms with Gasteiger partial charge in [0.15, 0.2) is 0 Å². The Morgan fingerprint density at radius 3 is 2.17 bits per heavy atom. The van der Waals surface area contributed by atoms with E-state index in [0.29, 0.717) is 0 Å². The highest BCUT2D eigenvalue weighted by Gasteiger charge is 2.65. The van der Waals surface area contributed by atoms with E-state index in [1.54, 1.807) is 13.8 Å². The SMILES string of the molecule is CC(CC(F)(F)F)NC(=O)C1C(C(=O)O)C1(C)C. The Kier molecular flexibility index (Phi) is 3.65. The predicted octanol–water partition coefficient (Wildman–Crippen LogP) is 1.80. The van der Waals surface area contributed by atoms with Crippen LogP contribution in [0.3, 0.4) is 0 Å². The lowest BCUT2D eigenvalue weighted by molar-refractivity contribution is -0.144. The summed E-state index contributed by atoms with van der Waals surface area (Å²) in [5, 5.41) is 11.1. The third-order valence-electron chi connectivity index (χ3n) is 3.30. The van der Waals surface area contributed by atoms with Crippen molar-refractivity contribution in [1.29, 1.82) is 0 Å². The number of hydrogen-bond donors (Lipinski definition) is 2. The number of carboxylic acids is 1. The molecule has 3 atom stereocenters. The highest BCUT2D eigenvalue weighted by molar-refractivity contribution is 5.91. The minimum Gasteiger partial charge on any atom is -0.481 e. The summed E-state index contributed by atoms with van der Waals surface area (Å²) in [6.07, 6.45) is -5.47. The van der Waals surface area contributed by atoms with E-state index in [4.69, 9.17) is 5.11 Å². The van der Waals surface area contributed by atoms with Crippen LogP contribution in [-0.2, 0) is 9.59 Å². The number of aliphatic carboxylic acids is 1. The van der Waals surface area contributed by atoms with Crippen molar-refractivity contribution >= 4 is 11.9 Å². The summed E-state index contributed by atoms with van der Waals surface area (Å²) in [5.74, 6) is -3.30. The highest BCUT2D eigenvalue weighted by atomic mass is 19.4. The molecular formula is C11H16F3NO3. The predicted molar refractivity (Wildman–Crippen MR) is 56.7 cm³/mol. The molecule has 0 aromatic heterocycles. The summed E-state index contributed by atoms with van der Waals surface area (Å²) < 4.78 is 36.3. The number of hydrogen-bond acceptors (Lipinski definition) is 2. The molecule has 1 saturated carbocycles. The van der Waals surface area contributed by atoms with Gasteiger partial charge >= 0.3 is 12.1 Å². The normalized spacial score (nSPS) is 27.4. The molecule has 2 N–H and O–H groups in total. The van der Waals surface area contributed by atoms with Gasteiger partial charge in [-0.25, -0.2) is 0 Å². The number of carbonyl (C=O) groups is 2. The Balaban J connectivity index is 2.56. The standard InChI is InChI=1S/C11H16F3NO3/c1-5(4-11(12,13)14)15-8(16)6-7(9(17)18)10(6,2)3/h5-7H,4H2,1-3H3,(H,15,16)(H,17,18). The number of halogens is 3. The van der Waals surface area contributed by atoms with Gasteiger partial charge in [-0.3, -0.25) is 9.59 Å². The summed E-state index contributed by atoms with van der Waals surface area (Å²) in [5.41, 5.74) is -0.701. The van der Waals surface area contributed by atoms with Gasteiger partial charge in [0.25, 0.3) is 0 Å². The van der Waals surface area contributed by atoms with Crippen molar-refractivity contribution < 1.29 is 27.9 Å². The van der Waals surface area contributed by atoms with Gasteiger partial charge in [-0.15, -0.1) is 0 Å². The van der Waals surface area contributed by atoms with Crippen molar-refractivity contribution in [2.45, 2.75) is 39.4 Å². The van der Waals surface area contributed by atoms with Gasteiger partial charge in [0.1, 0.15) is 0 Å². The molecule has 0 aliphatic heterocycles. The van der Waals surface area contributed by atoms with Crippen molar-refractivity contribution in [1.82, 2.24) is 5.32 Å². The van der Waals surface area contributed by atoms with Crippen LogP contribution in [0.4, 0.5) is 13.2 Å². The maximum absolute atomic E-state index is 12.1. The first-order valence-electron chi connectivity index (χ1n) is 5.56. The summed E-state index contributed by atoms with van der Waals surface area (Å²) in [6, 6.07) is -1.05. The molecule has 1 aliphatic rings. The molecule has 18 heavy (non-hydrogen) atoms. The first-order chi connectivity index (χ1) is 7.97. The van der Waals surface area contributed by atoms with Crippen LogP contribution in [0.15, 0.2) is 0 Å². The van der Waals surface area contributed by atoms with Crippen LogP contribution >= 0.6 is 0 Å². The maximum Gasteiger partial charge on any atom is 0.391 e. The summed E-state index contributed by atoms with van der Waals surface area (Å²) in [6.45, 7) is 4.48. The summed E-state index contributed by atoms with van der Waals surface area (Å²) in [4.78, 5) is 22.5. The van der Waals surface area contributed by atoms with Crippen molar-refractivity contribution in [2.24, 2.45) is 17.3 Å². The van der Waals surface area contributed by atoms with Gasteiger partial charge in [0.2, 0.25) is 5.91 Å². The van der Waals surface area contributed by atoms with Crippen molar-refractivity contribution in [3.8, 4) is 0 Å². The van der Waals surface area contributed by atoms with Crippen LogP contribution in [0.1, 0.15) is 27.2 Å². The van der Waals surface area contributed by atoms with E-state index < -0.39 is 47.8 Å². The van der Waals surface area contributed by atoms with Crippen LogP contribution < -0.4 is 5.32 Å². The second-order valence-corrected chi connectivity index (χ2v) is 5.34.